The highest BCUT2D eigenvalue weighted by molar-refractivity contribution is 5.90. The molecule has 0 atom stereocenters. The summed E-state index contributed by atoms with van der Waals surface area (Å²) < 4.78 is 5.08. The first kappa shape index (κ1) is 11.8. The zero-order valence-corrected chi connectivity index (χ0v) is 9.56. The molecule has 4 N–H and O–H groups in total. The third-order valence-electron chi connectivity index (χ3n) is 2.12. The van der Waals surface area contributed by atoms with Gasteiger partial charge in [-0.05, 0) is 0 Å². The number of nitrogens with one attached hydrogen (secondary N) is 2. The molecular formula is C10H11N5O3. The number of aromatic amines is 1. The largest absolute Gasteiger partial charge is 0.442 e. The lowest BCUT2D eigenvalue weighted by atomic mass is 10.4. The summed E-state index contributed by atoms with van der Waals surface area (Å²) >= 11 is 0. The molecule has 0 fully saturated rings. The molecule has 2 heterocycles. The number of amides is 2. The lowest BCUT2D eigenvalue weighted by molar-refractivity contribution is -0.119. The van der Waals surface area contributed by atoms with E-state index < -0.39 is 5.91 Å². The SMILES string of the molecule is CC(=O)NCc1ncc(-c2nc(C(N)=O)co2)[nH]1. The number of nitrogens with two attached hydrogens (primary N) is 1. The van der Waals surface area contributed by atoms with Crippen LogP contribution in [0.4, 0.5) is 0 Å². The predicted octanol–water partition coefficient (Wildman–Crippen LogP) is -0.200. The number of rotatable bonds is 4. The average Bonchev–Trinajstić information content (AvgIpc) is 2.95. The highest BCUT2D eigenvalue weighted by atomic mass is 16.3. The van der Waals surface area contributed by atoms with E-state index in [1.54, 1.807) is 0 Å². The molecule has 0 aromatic carbocycles. The van der Waals surface area contributed by atoms with Gasteiger partial charge in [0.15, 0.2) is 5.69 Å². The second-order valence-corrected chi connectivity index (χ2v) is 3.56. The van der Waals surface area contributed by atoms with Gasteiger partial charge in [0.1, 0.15) is 17.8 Å². The topological polar surface area (TPSA) is 127 Å². The van der Waals surface area contributed by atoms with Crippen LogP contribution in [-0.4, -0.2) is 26.8 Å². The summed E-state index contributed by atoms with van der Waals surface area (Å²) in [5.74, 6) is -0.0486. The molecule has 2 rings (SSSR count). The van der Waals surface area contributed by atoms with Crippen molar-refractivity contribution in [2.75, 3.05) is 0 Å². The molecule has 0 saturated carbocycles. The molecule has 18 heavy (non-hydrogen) atoms. The van der Waals surface area contributed by atoms with Crippen molar-refractivity contribution in [1.29, 1.82) is 0 Å². The Morgan fingerprint density at radius 1 is 1.56 bits per heavy atom. The van der Waals surface area contributed by atoms with E-state index in [9.17, 15) is 9.59 Å². The van der Waals surface area contributed by atoms with E-state index >= 15 is 0 Å². The molecule has 8 nitrogen and oxygen atoms in total. The minimum absolute atomic E-state index is 0.0445. The van der Waals surface area contributed by atoms with Gasteiger partial charge in [0, 0.05) is 6.92 Å². The van der Waals surface area contributed by atoms with Gasteiger partial charge < -0.3 is 20.5 Å². The molecule has 94 valence electrons. The van der Waals surface area contributed by atoms with Crippen LogP contribution in [0.15, 0.2) is 16.9 Å². The monoisotopic (exact) mass is 249 g/mol. The Hall–Kier alpha value is -2.64. The summed E-state index contributed by atoms with van der Waals surface area (Å²) in [5.41, 5.74) is 5.60. The van der Waals surface area contributed by atoms with Gasteiger partial charge >= 0.3 is 0 Å². The van der Waals surface area contributed by atoms with Crippen LogP contribution in [0.1, 0.15) is 23.2 Å². The maximum atomic E-state index is 10.9. The number of aromatic nitrogens is 3. The van der Waals surface area contributed by atoms with E-state index in [4.69, 9.17) is 10.2 Å². The van der Waals surface area contributed by atoms with E-state index in [1.807, 2.05) is 0 Å². The van der Waals surface area contributed by atoms with E-state index in [1.165, 1.54) is 19.4 Å². The van der Waals surface area contributed by atoms with Crippen LogP contribution >= 0.6 is 0 Å². The first-order valence-electron chi connectivity index (χ1n) is 5.10. The normalized spacial score (nSPS) is 10.3. The number of carbonyl (C=O) groups excluding carboxylic acids is 2. The van der Waals surface area contributed by atoms with Gasteiger partial charge in [-0.1, -0.05) is 0 Å². The number of hydrogen-bond acceptors (Lipinski definition) is 5. The lowest BCUT2D eigenvalue weighted by Crippen LogP contribution is -2.19. The average molecular weight is 249 g/mol. The zero-order valence-electron chi connectivity index (χ0n) is 9.56. The zero-order chi connectivity index (χ0) is 13.1. The van der Waals surface area contributed by atoms with Gasteiger partial charge in [-0.15, -0.1) is 0 Å². The van der Waals surface area contributed by atoms with Crippen LogP contribution in [0.25, 0.3) is 11.6 Å². The third-order valence-corrected chi connectivity index (χ3v) is 2.12. The summed E-state index contributed by atoms with van der Waals surface area (Å²) in [7, 11) is 0. The Labute approximate surface area is 102 Å². The molecule has 0 radical (unpaired) electrons. The summed E-state index contributed by atoms with van der Waals surface area (Å²) in [5, 5.41) is 2.59. The Kier molecular flexibility index (Phi) is 3.09. The van der Waals surface area contributed by atoms with Gasteiger partial charge in [0.05, 0.1) is 12.7 Å². The van der Waals surface area contributed by atoms with Gasteiger partial charge in [-0.3, -0.25) is 9.59 Å². The maximum absolute atomic E-state index is 10.9. The maximum Gasteiger partial charge on any atom is 0.270 e. The van der Waals surface area contributed by atoms with Gasteiger partial charge in [0.25, 0.3) is 5.91 Å². The number of carbonyl (C=O) groups is 2. The highest BCUT2D eigenvalue weighted by Crippen LogP contribution is 2.16. The first-order valence-corrected chi connectivity index (χ1v) is 5.10. The molecule has 8 heteroatoms. The number of hydrogen-bond donors (Lipinski definition) is 3. The molecule has 0 aliphatic heterocycles. The van der Waals surface area contributed by atoms with E-state index in [0.29, 0.717) is 11.5 Å². The molecule has 0 bridgehead atoms. The minimum atomic E-state index is -0.664. The number of H-pyrrole nitrogens is 1. The van der Waals surface area contributed by atoms with Crippen molar-refractivity contribution >= 4 is 11.8 Å². The number of primary amides is 1. The summed E-state index contributed by atoms with van der Waals surface area (Å²) in [6, 6.07) is 0. The molecular weight excluding hydrogens is 238 g/mol. The second-order valence-electron chi connectivity index (χ2n) is 3.56. The standard InChI is InChI=1S/C10H11N5O3/c1-5(16)12-3-8-13-2-6(14-8)10-15-7(4-18-10)9(11)17/h2,4H,3H2,1H3,(H2,11,17)(H,12,16)(H,13,14). The molecule has 2 amide bonds. The molecule has 2 aromatic heterocycles. The van der Waals surface area contributed by atoms with Crippen LogP contribution in [0.2, 0.25) is 0 Å². The molecule has 0 unspecified atom stereocenters. The fraction of sp³-hybridized carbons (Fsp3) is 0.200. The molecule has 0 aliphatic rings. The number of imidazole rings is 1. The predicted molar refractivity (Wildman–Crippen MR) is 60.1 cm³/mol. The van der Waals surface area contributed by atoms with Gasteiger partial charge in [0.2, 0.25) is 11.8 Å². The van der Waals surface area contributed by atoms with Gasteiger partial charge in [-0.25, -0.2) is 9.97 Å². The van der Waals surface area contributed by atoms with Crippen LogP contribution < -0.4 is 11.1 Å². The van der Waals surface area contributed by atoms with Gasteiger partial charge in [-0.2, -0.15) is 0 Å². The number of oxazole rings is 1. The summed E-state index contributed by atoms with van der Waals surface area (Å²) in [6.45, 7) is 1.69. The van der Waals surface area contributed by atoms with Crippen molar-refractivity contribution in [3.63, 3.8) is 0 Å². The summed E-state index contributed by atoms with van der Waals surface area (Å²) in [4.78, 5) is 32.4. The molecule has 0 aliphatic carbocycles. The number of nitrogens with zero attached hydrogens (tertiary/aromatic N) is 2. The van der Waals surface area contributed by atoms with Crippen LogP contribution in [0.3, 0.4) is 0 Å². The van der Waals surface area contributed by atoms with Crippen LogP contribution in [-0.2, 0) is 11.3 Å². The Morgan fingerprint density at radius 3 is 2.94 bits per heavy atom. The first-order chi connectivity index (χ1) is 8.56. The molecule has 2 aromatic rings. The van der Waals surface area contributed by atoms with Crippen molar-refractivity contribution in [2.24, 2.45) is 5.73 Å². The van der Waals surface area contributed by atoms with Crippen molar-refractivity contribution in [3.05, 3.63) is 24.0 Å². The molecule has 0 saturated heterocycles. The van der Waals surface area contributed by atoms with Crippen molar-refractivity contribution < 1.29 is 14.0 Å². The minimum Gasteiger partial charge on any atom is -0.442 e. The van der Waals surface area contributed by atoms with E-state index in [2.05, 4.69) is 20.3 Å². The van der Waals surface area contributed by atoms with E-state index in [-0.39, 0.29) is 24.0 Å². The van der Waals surface area contributed by atoms with Crippen molar-refractivity contribution in [3.8, 4) is 11.6 Å². The van der Waals surface area contributed by atoms with Crippen molar-refractivity contribution in [2.45, 2.75) is 13.5 Å². The third kappa shape index (κ3) is 2.54. The molecule has 0 spiro atoms. The van der Waals surface area contributed by atoms with E-state index in [0.717, 1.165) is 0 Å². The quantitative estimate of drug-likeness (QED) is 0.691. The van der Waals surface area contributed by atoms with Crippen molar-refractivity contribution in [1.82, 2.24) is 20.3 Å². The second kappa shape index (κ2) is 4.70. The smallest absolute Gasteiger partial charge is 0.270 e. The van der Waals surface area contributed by atoms with Crippen LogP contribution in [0, 0.1) is 0 Å². The Morgan fingerprint density at radius 2 is 2.33 bits per heavy atom. The highest BCUT2D eigenvalue weighted by Gasteiger charge is 2.12. The fourth-order valence-electron chi connectivity index (χ4n) is 1.28. The summed E-state index contributed by atoms with van der Waals surface area (Å²) in [6.07, 6.45) is 2.67. The Bertz CT molecular complexity index is 586. The fourth-order valence-corrected chi connectivity index (χ4v) is 1.28. The van der Waals surface area contributed by atoms with Crippen LogP contribution in [0.5, 0.6) is 0 Å². The lowest BCUT2D eigenvalue weighted by Gasteiger charge is -1.96. The Balaban J connectivity index is 2.13.